The lowest BCUT2D eigenvalue weighted by Gasteiger charge is -2.11. The van der Waals surface area contributed by atoms with Gasteiger partial charge in [0.25, 0.3) is 0 Å². The topological polar surface area (TPSA) is 72.0 Å². The van der Waals surface area contributed by atoms with Crippen LogP contribution >= 0.6 is 0 Å². The number of carbonyl (C=O) groups is 1. The molecule has 0 aliphatic heterocycles. The third-order valence-corrected chi connectivity index (χ3v) is 4.45. The van der Waals surface area contributed by atoms with Crippen molar-refractivity contribution in [2.75, 3.05) is 18.5 Å². The first-order chi connectivity index (χ1) is 15.1. The maximum Gasteiger partial charge on any atom is 0.339 e. The number of rotatable bonds is 9. The summed E-state index contributed by atoms with van der Waals surface area (Å²) in [5.74, 6) is 1.52. The summed E-state index contributed by atoms with van der Waals surface area (Å²) in [6.07, 6.45) is 2.52. The van der Waals surface area contributed by atoms with Crippen molar-refractivity contribution >= 4 is 17.9 Å². The molecule has 0 unspecified atom stereocenters. The highest BCUT2D eigenvalue weighted by molar-refractivity contribution is 5.90. The molecule has 0 saturated heterocycles. The van der Waals surface area contributed by atoms with Crippen LogP contribution in [0.5, 0.6) is 11.5 Å². The molecule has 0 bridgehead atoms. The van der Waals surface area contributed by atoms with Gasteiger partial charge in [0.15, 0.2) is 0 Å². The van der Waals surface area contributed by atoms with Crippen molar-refractivity contribution in [2.45, 2.75) is 20.3 Å². The van der Waals surface area contributed by atoms with Gasteiger partial charge in [0.2, 0.25) is 0 Å². The minimum atomic E-state index is -0.418. The number of aryl methyl sites for hydroxylation is 2. The van der Waals surface area contributed by atoms with E-state index in [0.29, 0.717) is 24.7 Å². The number of para-hydroxylation sites is 2. The van der Waals surface area contributed by atoms with Crippen molar-refractivity contribution in [1.82, 2.24) is 5.43 Å². The number of ether oxygens (including phenoxy) is 2. The second-order valence-corrected chi connectivity index (χ2v) is 6.93. The van der Waals surface area contributed by atoms with Gasteiger partial charge in [-0.05, 0) is 60.9 Å². The number of nitrogens with zero attached hydrogens (tertiary/aromatic N) is 1. The van der Waals surface area contributed by atoms with Crippen LogP contribution in [0.15, 0.2) is 77.9 Å². The van der Waals surface area contributed by atoms with Gasteiger partial charge >= 0.3 is 6.03 Å². The molecule has 31 heavy (non-hydrogen) atoms. The summed E-state index contributed by atoms with van der Waals surface area (Å²) in [5, 5.41) is 6.71. The number of anilines is 1. The summed E-state index contributed by atoms with van der Waals surface area (Å²) in [6, 6.07) is 22.5. The van der Waals surface area contributed by atoms with Crippen LogP contribution in [-0.4, -0.2) is 25.5 Å². The fourth-order valence-corrected chi connectivity index (χ4v) is 2.98. The number of urea groups is 1. The average molecular weight is 418 g/mol. The van der Waals surface area contributed by atoms with Gasteiger partial charge in [-0.3, -0.25) is 0 Å². The number of nitrogens with one attached hydrogen (secondary N) is 2. The third kappa shape index (κ3) is 7.19. The monoisotopic (exact) mass is 417 g/mol. The molecule has 160 valence electrons. The van der Waals surface area contributed by atoms with Crippen molar-refractivity contribution in [3.63, 3.8) is 0 Å². The molecule has 0 fully saturated rings. The molecule has 0 spiro atoms. The molecule has 0 radical (unpaired) electrons. The Labute approximate surface area is 182 Å². The number of hydrogen-bond donors (Lipinski definition) is 2. The van der Waals surface area contributed by atoms with E-state index < -0.39 is 6.03 Å². The van der Waals surface area contributed by atoms with Crippen LogP contribution in [0.3, 0.4) is 0 Å². The van der Waals surface area contributed by atoms with Crippen LogP contribution < -0.4 is 20.2 Å². The van der Waals surface area contributed by atoms with Crippen LogP contribution in [0.25, 0.3) is 0 Å². The van der Waals surface area contributed by atoms with Crippen molar-refractivity contribution in [2.24, 2.45) is 5.10 Å². The van der Waals surface area contributed by atoms with Crippen LogP contribution in [0.1, 0.15) is 23.6 Å². The van der Waals surface area contributed by atoms with Gasteiger partial charge in [0, 0.05) is 11.3 Å². The number of benzene rings is 3. The molecular weight excluding hydrogens is 390 g/mol. The van der Waals surface area contributed by atoms with E-state index in [1.165, 1.54) is 11.1 Å². The highest BCUT2D eigenvalue weighted by Crippen LogP contribution is 2.18. The summed E-state index contributed by atoms with van der Waals surface area (Å²) < 4.78 is 11.7. The zero-order valence-electron chi connectivity index (χ0n) is 17.8. The van der Waals surface area contributed by atoms with Gasteiger partial charge in [0.05, 0.1) is 6.21 Å². The predicted octanol–water partition coefficient (Wildman–Crippen LogP) is 5.17. The zero-order chi connectivity index (χ0) is 21.9. The van der Waals surface area contributed by atoms with E-state index in [1.807, 2.05) is 48.5 Å². The lowest BCUT2D eigenvalue weighted by atomic mass is 10.1. The van der Waals surface area contributed by atoms with Gasteiger partial charge in [-0.2, -0.15) is 5.10 Å². The Morgan fingerprint density at radius 2 is 1.71 bits per heavy atom. The highest BCUT2D eigenvalue weighted by atomic mass is 16.5. The van der Waals surface area contributed by atoms with E-state index in [-0.39, 0.29) is 0 Å². The maximum absolute atomic E-state index is 11.9. The van der Waals surface area contributed by atoms with Gasteiger partial charge in [0.1, 0.15) is 24.7 Å². The molecule has 0 saturated carbocycles. The largest absolute Gasteiger partial charge is 0.490 e. The molecule has 6 nitrogen and oxygen atoms in total. The van der Waals surface area contributed by atoms with Crippen molar-refractivity contribution in [3.8, 4) is 11.5 Å². The second kappa shape index (κ2) is 11.4. The Kier molecular flexibility index (Phi) is 8.05. The lowest BCUT2D eigenvalue weighted by molar-refractivity contribution is 0.217. The molecule has 0 atom stereocenters. The van der Waals surface area contributed by atoms with Gasteiger partial charge in [-0.1, -0.05) is 43.3 Å². The Bertz CT molecular complexity index is 1020. The molecule has 6 heteroatoms. The van der Waals surface area contributed by atoms with Crippen LogP contribution in [0.4, 0.5) is 10.5 Å². The molecule has 0 heterocycles. The van der Waals surface area contributed by atoms with Crippen LogP contribution in [0, 0.1) is 6.92 Å². The molecule has 3 rings (SSSR count). The fraction of sp³-hybridized carbons (Fsp3) is 0.200. The Morgan fingerprint density at radius 3 is 2.52 bits per heavy atom. The first-order valence-corrected chi connectivity index (χ1v) is 10.2. The Balaban J connectivity index is 1.49. The zero-order valence-corrected chi connectivity index (χ0v) is 17.8. The summed E-state index contributed by atoms with van der Waals surface area (Å²) in [5.41, 5.74) is 6.33. The smallest absolute Gasteiger partial charge is 0.339 e. The van der Waals surface area contributed by atoms with Gasteiger partial charge in [-0.25, -0.2) is 10.2 Å². The highest BCUT2D eigenvalue weighted by Gasteiger charge is 2.03. The average Bonchev–Trinajstić information content (AvgIpc) is 2.78. The van der Waals surface area contributed by atoms with Crippen molar-refractivity contribution < 1.29 is 14.3 Å². The molecule has 3 aromatic carbocycles. The van der Waals surface area contributed by atoms with Crippen molar-refractivity contribution in [3.05, 3.63) is 89.5 Å². The predicted molar refractivity (Wildman–Crippen MR) is 124 cm³/mol. The summed E-state index contributed by atoms with van der Waals surface area (Å²) in [7, 11) is 0. The standard InChI is InChI=1S/C25H27N3O3/c1-3-20-15-19(2)16-23(17-20)30-13-14-31-24-12-8-7-9-21(24)18-26-28-25(29)27-22-10-5-4-6-11-22/h4-12,15-18H,3,13-14H2,1-2H3,(H2,27,28,29)/b26-18-. The van der Waals surface area contributed by atoms with Crippen molar-refractivity contribution in [1.29, 1.82) is 0 Å². The molecule has 3 aromatic rings. The normalized spacial score (nSPS) is 10.6. The van der Waals surface area contributed by atoms with E-state index in [9.17, 15) is 4.79 Å². The number of carbonyl (C=O) groups excluding carboxylic acids is 1. The molecule has 0 aliphatic carbocycles. The quantitative estimate of drug-likeness (QED) is 0.287. The fourth-order valence-electron chi connectivity index (χ4n) is 2.98. The summed E-state index contributed by atoms with van der Waals surface area (Å²) in [4.78, 5) is 11.9. The third-order valence-electron chi connectivity index (χ3n) is 4.45. The minimum absolute atomic E-state index is 0.391. The SMILES string of the molecule is CCc1cc(C)cc(OCCOc2ccccc2/C=N\NC(=O)Nc2ccccc2)c1. The summed E-state index contributed by atoms with van der Waals surface area (Å²) in [6.45, 7) is 5.00. The Morgan fingerprint density at radius 1 is 0.968 bits per heavy atom. The maximum atomic E-state index is 11.9. The van der Waals surface area contributed by atoms with E-state index in [4.69, 9.17) is 9.47 Å². The first-order valence-electron chi connectivity index (χ1n) is 10.2. The van der Waals surface area contributed by atoms with Crippen LogP contribution in [-0.2, 0) is 6.42 Å². The van der Waals surface area contributed by atoms with E-state index in [0.717, 1.165) is 17.7 Å². The summed E-state index contributed by atoms with van der Waals surface area (Å²) >= 11 is 0. The van der Waals surface area contributed by atoms with E-state index in [2.05, 4.69) is 41.8 Å². The van der Waals surface area contributed by atoms with E-state index in [1.54, 1.807) is 18.3 Å². The van der Waals surface area contributed by atoms with Crippen LogP contribution in [0.2, 0.25) is 0 Å². The Hall–Kier alpha value is -3.80. The second-order valence-electron chi connectivity index (χ2n) is 6.93. The number of hydrogen-bond acceptors (Lipinski definition) is 4. The molecule has 2 amide bonds. The number of hydrazone groups is 1. The molecule has 0 aliphatic rings. The molecule has 0 aromatic heterocycles. The molecule has 2 N–H and O–H groups in total. The molecular formula is C25H27N3O3. The van der Waals surface area contributed by atoms with Gasteiger partial charge < -0.3 is 14.8 Å². The first kappa shape index (κ1) is 21.9. The number of amides is 2. The lowest BCUT2D eigenvalue weighted by Crippen LogP contribution is -2.24. The van der Waals surface area contributed by atoms with Gasteiger partial charge in [-0.15, -0.1) is 0 Å². The minimum Gasteiger partial charge on any atom is -0.490 e. The van der Waals surface area contributed by atoms with E-state index >= 15 is 0 Å².